The molecule has 0 radical (unpaired) electrons. The molecule has 5 nitrogen and oxygen atoms in total. The van der Waals surface area contributed by atoms with Gasteiger partial charge in [0.1, 0.15) is 5.75 Å². The SMILES string of the molecule is Nc1cccc2c(C(=O)CS(=O)(=O)c3cccc4c(N)cccc34)cccc12. The van der Waals surface area contributed by atoms with Gasteiger partial charge in [-0.25, -0.2) is 8.42 Å². The van der Waals surface area contributed by atoms with Crippen molar-refractivity contribution in [3.8, 4) is 0 Å². The van der Waals surface area contributed by atoms with Gasteiger partial charge in [-0.15, -0.1) is 0 Å². The van der Waals surface area contributed by atoms with E-state index in [-0.39, 0.29) is 4.90 Å². The summed E-state index contributed by atoms with van der Waals surface area (Å²) in [5.74, 6) is -1.11. The molecule has 4 N–H and O–H groups in total. The lowest BCUT2D eigenvalue weighted by Crippen LogP contribution is -2.17. The Morgan fingerprint density at radius 1 is 0.679 bits per heavy atom. The smallest absolute Gasteiger partial charge is 0.186 e. The fourth-order valence-corrected chi connectivity index (χ4v) is 4.94. The molecule has 4 rings (SSSR count). The van der Waals surface area contributed by atoms with Gasteiger partial charge in [-0.3, -0.25) is 4.79 Å². The Bertz CT molecular complexity index is 1340. The number of anilines is 2. The molecule has 0 aliphatic carbocycles. The van der Waals surface area contributed by atoms with Crippen molar-refractivity contribution in [2.45, 2.75) is 4.90 Å². The van der Waals surface area contributed by atoms with E-state index >= 15 is 0 Å². The minimum Gasteiger partial charge on any atom is -0.398 e. The van der Waals surface area contributed by atoms with Crippen LogP contribution in [0.4, 0.5) is 11.4 Å². The molecule has 0 aromatic heterocycles. The summed E-state index contributed by atoms with van der Waals surface area (Å²) in [6.07, 6.45) is 0. The highest BCUT2D eigenvalue weighted by Crippen LogP contribution is 2.29. The minimum absolute atomic E-state index is 0.102. The molecule has 0 unspecified atom stereocenters. The second kappa shape index (κ2) is 6.65. The van der Waals surface area contributed by atoms with E-state index < -0.39 is 21.4 Å². The van der Waals surface area contributed by atoms with E-state index in [2.05, 4.69) is 0 Å². The van der Waals surface area contributed by atoms with Crippen LogP contribution in [0, 0.1) is 0 Å². The van der Waals surface area contributed by atoms with E-state index in [0.29, 0.717) is 33.1 Å². The van der Waals surface area contributed by atoms with Crippen molar-refractivity contribution in [1.82, 2.24) is 0 Å². The van der Waals surface area contributed by atoms with Crippen LogP contribution in [0.15, 0.2) is 77.7 Å². The number of Topliss-reactive ketones (excluding diaryl/α,β-unsaturated/α-hetero) is 1. The number of hydrogen-bond acceptors (Lipinski definition) is 5. The number of benzene rings is 4. The van der Waals surface area contributed by atoms with Crippen molar-refractivity contribution >= 4 is 48.5 Å². The average molecular weight is 390 g/mol. The van der Waals surface area contributed by atoms with E-state index in [9.17, 15) is 13.2 Å². The fourth-order valence-electron chi connectivity index (χ4n) is 3.48. The topological polar surface area (TPSA) is 103 Å². The second-order valence-corrected chi connectivity index (χ2v) is 8.59. The van der Waals surface area contributed by atoms with Crippen LogP contribution in [-0.2, 0) is 9.84 Å². The van der Waals surface area contributed by atoms with Crippen LogP contribution in [0.25, 0.3) is 21.5 Å². The lowest BCUT2D eigenvalue weighted by molar-refractivity contribution is 0.102. The number of ketones is 1. The molecule has 140 valence electrons. The van der Waals surface area contributed by atoms with Crippen LogP contribution in [0.2, 0.25) is 0 Å². The maximum absolute atomic E-state index is 13.1. The van der Waals surface area contributed by atoms with Crippen LogP contribution >= 0.6 is 0 Å². The molecule has 0 amide bonds. The first-order valence-corrected chi connectivity index (χ1v) is 10.3. The van der Waals surface area contributed by atoms with Crippen LogP contribution in [0.5, 0.6) is 0 Å². The van der Waals surface area contributed by atoms with Crippen molar-refractivity contribution in [2.24, 2.45) is 0 Å². The lowest BCUT2D eigenvalue weighted by Gasteiger charge is -2.11. The Morgan fingerprint density at radius 3 is 1.86 bits per heavy atom. The molecule has 0 saturated heterocycles. The number of sulfone groups is 1. The number of carbonyl (C=O) groups is 1. The van der Waals surface area contributed by atoms with Crippen molar-refractivity contribution < 1.29 is 13.2 Å². The third-order valence-corrected chi connectivity index (χ3v) is 6.50. The molecule has 0 spiro atoms. The van der Waals surface area contributed by atoms with E-state index in [0.717, 1.165) is 5.39 Å². The van der Waals surface area contributed by atoms with Gasteiger partial charge in [-0.2, -0.15) is 0 Å². The van der Waals surface area contributed by atoms with Crippen molar-refractivity contribution in [3.05, 3.63) is 78.4 Å². The highest BCUT2D eigenvalue weighted by molar-refractivity contribution is 7.92. The largest absolute Gasteiger partial charge is 0.398 e. The number of rotatable bonds is 4. The van der Waals surface area contributed by atoms with E-state index in [1.165, 1.54) is 6.07 Å². The Kier molecular flexibility index (Phi) is 4.28. The fraction of sp³-hybridized carbons (Fsp3) is 0.0455. The van der Waals surface area contributed by atoms with E-state index in [1.54, 1.807) is 60.7 Å². The summed E-state index contributed by atoms with van der Waals surface area (Å²) >= 11 is 0. The van der Waals surface area contributed by atoms with Crippen molar-refractivity contribution in [3.63, 3.8) is 0 Å². The van der Waals surface area contributed by atoms with E-state index in [1.807, 2.05) is 6.07 Å². The highest BCUT2D eigenvalue weighted by Gasteiger charge is 2.24. The molecule has 0 aliphatic rings. The number of nitrogens with two attached hydrogens (primary N) is 2. The molecular weight excluding hydrogens is 372 g/mol. The van der Waals surface area contributed by atoms with Gasteiger partial charge < -0.3 is 11.5 Å². The van der Waals surface area contributed by atoms with Crippen LogP contribution in [0.3, 0.4) is 0 Å². The van der Waals surface area contributed by atoms with E-state index in [4.69, 9.17) is 11.5 Å². The standard InChI is InChI=1S/C22H18N2O3S/c23-19-10-2-5-14-15(19)6-1-8-17(14)21(25)13-28(26,27)22-12-4-7-16-18(22)9-3-11-20(16)24/h1-12H,13,23-24H2. The molecule has 0 heterocycles. The van der Waals surface area contributed by atoms with Gasteiger partial charge in [-0.05, 0) is 23.6 Å². The number of hydrogen-bond donors (Lipinski definition) is 2. The molecule has 0 atom stereocenters. The third kappa shape index (κ3) is 2.97. The summed E-state index contributed by atoms with van der Waals surface area (Å²) in [5, 5.41) is 2.53. The highest BCUT2D eigenvalue weighted by atomic mass is 32.2. The van der Waals surface area contributed by atoms with Crippen LogP contribution in [0.1, 0.15) is 10.4 Å². The summed E-state index contributed by atoms with van der Waals surface area (Å²) < 4.78 is 26.1. The lowest BCUT2D eigenvalue weighted by atomic mass is 10.0. The normalized spacial score (nSPS) is 11.7. The summed E-state index contributed by atoms with van der Waals surface area (Å²) in [4.78, 5) is 13.0. The third-order valence-electron chi connectivity index (χ3n) is 4.83. The zero-order valence-electron chi connectivity index (χ0n) is 14.9. The van der Waals surface area contributed by atoms with Crippen LogP contribution in [-0.4, -0.2) is 20.0 Å². The Hall–Kier alpha value is -3.38. The zero-order valence-corrected chi connectivity index (χ0v) is 15.7. The maximum atomic E-state index is 13.1. The van der Waals surface area contributed by atoms with Gasteiger partial charge in [0.15, 0.2) is 15.6 Å². The molecule has 0 bridgehead atoms. The maximum Gasteiger partial charge on any atom is 0.186 e. The molecule has 0 fully saturated rings. The predicted molar refractivity (Wildman–Crippen MR) is 113 cm³/mol. The average Bonchev–Trinajstić information content (AvgIpc) is 2.67. The number of nitrogen functional groups attached to an aromatic ring is 2. The first kappa shape index (κ1) is 18.0. The first-order chi connectivity index (χ1) is 13.4. The molecule has 6 heteroatoms. The molecule has 0 saturated carbocycles. The molecule has 4 aromatic carbocycles. The Morgan fingerprint density at radius 2 is 1.18 bits per heavy atom. The summed E-state index contributed by atoms with van der Waals surface area (Å²) in [6.45, 7) is 0. The number of fused-ring (bicyclic) bond motifs is 2. The zero-order chi connectivity index (χ0) is 19.9. The summed E-state index contributed by atoms with van der Waals surface area (Å²) in [7, 11) is -3.87. The Labute approximate surface area is 162 Å². The van der Waals surface area contributed by atoms with Gasteiger partial charge in [0.05, 0.1) is 4.90 Å². The molecule has 0 aliphatic heterocycles. The van der Waals surface area contributed by atoms with Gasteiger partial charge in [0.2, 0.25) is 0 Å². The molecular formula is C22H18N2O3S. The summed E-state index contributed by atoms with van der Waals surface area (Å²) in [6, 6.07) is 20.4. The van der Waals surface area contributed by atoms with Gasteiger partial charge in [0, 0.05) is 33.1 Å². The summed E-state index contributed by atoms with van der Waals surface area (Å²) in [5.41, 5.74) is 13.3. The second-order valence-electron chi connectivity index (χ2n) is 6.63. The minimum atomic E-state index is -3.87. The van der Waals surface area contributed by atoms with Crippen LogP contribution < -0.4 is 11.5 Å². The van der Waals surface area contributed by atoms with Gasteiger partial charge in [0.25, 0.3) is 0 Å². The first-order valence-electron chi connectivity index (χ1n) is 8.69. The predicted octanol–water partition coefficient (Wildman–Crippen LogP) is 3.81. The molecule has 28 heavy (non-hydrogen) atoms. The Balaban J connectivity index is 1.79. The monoisotopic (exact) mass is 390 g/mol. The van der Waals surface area contributed by atoms with Gasteiger partial charge >= 0.3 is 0 Å². The van der Waals surface area contributed by atoms with Crippen molar-refractivity contribution in [1.29, 1.82) is 0 Å². The van der Waals surface area contributed by atoms with Crippen molar-refractivity contribution in [2.75, 3.05) is 17.2 Å². The molecule has 4 aromatic rings. The number of carbonyl (C=O) groups excluding carboxylic acids is 1. The van der Waals surface area contributed by atoms with Gasteiger partial charge in [-0.1, -0.05) is 54.6 Å². The quantitative estimate of drug-likeness (QED) is 0.407.